The number of hydrogen-bond acceptors (Lipinski definition) is 5. The van der Waals surface area contributed by atoms with Crippen molar-refractivity contribution in [1.29, 1.82) is 0 Å². The number of carbonyl (C=O) groups excluding carboxylic acids is 1. The zero-order valence-corrected chi connectivity index (χ0v) is 16.3. The van der Waals surface area contributed by atoms with Crippen LogP contribution in [0.25, 0.3) is 11.4 Å². The molecular formula is C19H17F3N4O2S. The smallest absolute Gasteiger partial charge is 0.416 e. The third-order valence-electron chi connectivity index (χ3n) is 3.99. The van der Waals surface area contributed by atoms with E-state index < -0.39 is 11.7 Å². The van der Waals surface area contributed by atoms with Gasteiger partial charge in [0, 0.05) is 18.3 Å². The van der Waals surface area contributed by atoms with E-state index in [1.54, 1.807) is 43.0 Å². The molecular weight excluding hydrogens is 405 g/mol. The molecule has 152 valence electrons. The minimum Gasteiger partial charge on any atom is -0.497 e. The summed E-state index contributed by atoms with van der Waals surface area (Å²) in [6, 6.07) is 11.8. The molecule has 0 bridgehead atoms. The molecule has 0 saturated heterocycles. The van der Waals surface area contributed by atoms with E-state index in [2.05, 4.69) is 15.5 Å². The minimum atomic E-state index is -4.44. The van der Waals surface area contributed by atoms with Gasteiger partial charge in [-0.3, -0.25) is 4.79 Å². The van der Waals surface area contributed by atoms with Crippen molar-refractivity contribution in [2.24, 2.45) is 7.05 Å². The van der Waals surface area contributed by atoms with Crippen LogP contribution in [0.2, 0.25) is 0 Å². The van der Waals surface area contributed by atoms with Gasteiger partial charge in [-0.2, -0.15) is 13.2 Å². The van der Waals surface area contributed by atoms with Crippen molar-refractivity contribution in [3.05, 3.63) is 54.1 Å². The van der Waals surface area contributed by atoms with Gasteiger partial charge in [0.15, 0.2) is 11.0 Å². The Morgan fingerprint density at radius 2 is 1.90 bits per heavy atom. The van der Waals surface area contributed by atoms with E-state index in [1.165, 1.54) is 12.1 Å². The lowest BCUT2D eigenvalue weighted by Gasteiger charge is -2.09. The number of halogens is 3. The number of alkyl halides is 3. The first-order valence-electron chi connectivity index (χ1n) is 8.41. The summed E-state index contributed by atoms with van der Waals surface area (Å²) in [6.07, 6.45) is -4.44. The fourth-order valence-corrected chi connectivity index (χ4v) is 3.24. The van der Waals surface area contributed by atoms with E-state index in [4.69, 9.17) is 4.74 Å². The van der Waals surface area contributed by atoms with Gasteiger partial charge in [0.25, 0.3) is 0 Å². The van der Waals surface area contributed by atoms with Crippen LogP contribution in [-0.4, -0.2) is 33.5 Å². The number of benzene rings is 2. The molecule has 0 aliphatic carbocycles. The van der Waals surface area contributed by atoms with E-state index >= 15 is 0 Å². The summed E-state index contributed by atoms with van der Waals surface area (Å²) in [5, 5.41) is 11.1. The molecule has 0 atom stereocenters. The zero-order valence-electron chi connectivity index (χ0n) is 15.5. The number of amides is 1. The van der Waals surface area contributed by atoms with Crippen LogP contribution in [0.4, 0.5) is 18.9 Å². The van der Waals surface area contributed by atoms with Gasteiger partial charge < -0.3 is 14.6 Å². The number of nitrogens with zero attached hydrogens (tertiary/aromatic N) is 3. The van der Waals surface area contributed by atoms with Gasteiger partial charge in [0.1, 0.15) is 5.75 Å². The second kappa shape index (κ2) is 8.56. The molecule has 6 nitrogen and oxygen atoms in total. The fourth-order valence-electron chi connectivity index (χ4n) is 2.53. The highest BCUT2D eigenvalue weighted by Crippen LogP contribution is 2.32. The molecule has 1 amide bonds. The molecule has 10 heteroatoms. The minimum absolute atomic E-state index is 0.0700. The maximum Gasteiger partial charge on any atom is 0.416 e. The maximum absolute atomic E-state index is 12.9. The Hall–Kier alpha value is -3.01. The molecule has 1 aromatic heterocycles. The van der Waals surface area contributed by atoms with Crippen LogP contribution in [0, 0.1) is 0 Å². The van der Waals surface area contributed by atoms with Crippen molar-refractivity contribution in [2.75, 3.05) is 18.2 Å². The third-order valence-corrected chi connectivity index (χ3v) is 5.01. The van der Waals surface area contributed by atoms with Gasteiger partial charge in [0.2, 0.25) is 5.91 Å². The molecule has 0 radical (unpaired) electrons. The second-order valence-electron chi connectivity index (χ2n) is 6.01. The van der Waals surface area contributed by atoms with Gasteiger partial charge in [-0.05, 0) is 36.4 Å². The molecule has 3 aromatic rings. The average Bonchev–Trinajstić information content (AvgIpc) is 3.07. The number of methoxy groups -OCH3 is 1. The quantitative estimate of drug-likeness (QED) is 0.602. The van der Waals surface area contributed by atoms with Gasteiger partial charge in [-0.15, -0.1) is 10.2 Å². The summed E-state index contributed by atoms with van der Waals surface area (Å²) in [5.74, 6) is 0.789. The van der Waals surface area contributed by atoms with Crippen LogP contribution < -0.4 is 10.1 Å². The monoisotopic (exact) mass is 422 g/mol. The summed E-state index contributed by atoms with van der Waals surface area (Å²) in [7, 11) is 3.19. The largest absolute Gasteiger partial charge is 0.497 e. The highest BCUT2D eigenvalue weighted by molar-refractivity contribution is 7.99. The van der Waals surface area contributed by atoms with E-state index in [1.807, 2.05) is 0 Å². The molecule has 3 rings (SSSR count). The van der Waals surface area contributed by atoms with Crippen molar-refractivity contribution in [3.8, 4) is 17.1 Å². The van der Waals surface area contributed by atoms with Crippen LogP contribution in [0.15, 0.2) is 53.7 Å². The predicted octanol–water partition coefficient (Wildman–Crippen LogP) is 4.24. The summed E-state index contributed by atoms with van der Waals surface area (Å²) in [4.78, 5) is 12.1. The Morgan fingerprint density at radius 3 is 2.55 bits per heavy atom. The standard InChI is InChI=1S/C19H17F3N4O2S/c1-26-17(12-4-3-5-13(10-12)19(20,21)22)24-25-18(26)29-11-16(27)23-14-6-8-15(28-2)9-7-14/h3-10H,11H2,1-2H3,(H,23,27). The Balaban J connectivity index is 1.66. The predicted molar refractivity (Wildman–Crippen MR) is 104 cm³/mol. The number of ether oxygens (including phenoxy) is 1. The molecule has 29 heavy (non-hydrogen) atoms. The molecule has 0 saturated carbocycles. The first kappa shape index (κ1) is 20.7. The topological polar surface area (TPSA) is 69.0 Å². The molecule has 0 unspecified atom stereocenters. The Bertz CT molecular complexity index is 1000. The van der Waals surface area contributed by atoms with Crippen molar-refractivity contribution in [2.45, 2.75) is 11.3 Å². The Morgan fingerprint density at radius 1 is 1.17 bits per heavy atom. The SMILES string of the molecule is COc1ccc(NC(=O)CSc2nnc(-c3cccc(C(F)(F)F)c3)n2C)cc1. The number of rotatable bonds is 6. The first-order chi connectivity index (χ1) is 13.8. The highest BCUT2D eigenvalue weighted by Gasteiger charge is 2.30. The van der Waals surface area contributed by atoms with Gasteiger partial charge in [-0.1, -0.05) is 23.9 Å². The van der Waals surface area contributed by atoms with Gasteiger partial charge in [0.05, 0.1) is 18.4 Å². The molecule has 0 aliphatic heterocycles. The molecule has 0 spiro atoms. The van der Waals surface area contributed by atoms with Crippen molar-refractivity contribution in [1.82, 2.24) is 14.8 Å². The normalized spacial score (nSPS) is 11.3. The van der Waals surface area contributed by atoms with Crippen molar-refractivity contribution < 1.29 is 22.7 Å². The van der Waals surface area contributed by atoms with Crippen molar-refractivity contribution in [3.63, 3.8) is 0 Å². The number of thioether (sulfide) groups is 1. The van der Waals surface area contributed by atoms with E-state index in [9.17, 15) is 18.0 Å². The Kier molecular flexibility index (Phi) is 6.12. The molecule has 0 fully saturated rings. The lowest BCUT2D eigenvalue weighted by Crippen LogP contribution is -2.14. The molecule has 2 aromatic carbocycles. The fraction of sp³-hybridized carbons (Fsp3) is 0.211. The molecule has 1 N–H and O–H groups in total. The maximum atomic E-state index is 12.9. The third kappa shape index (κ3) is 5.08. The molecule has 1 heterocycles. The van der Waals surface area contributed by atoms with Crippen LogP contribution in [-0.2, 0) is 18.0 Å². The van der Waals surface area contributed by atoms with Crippen LogP contribution in [0.1, 0.15) is 5.56 Å². The zero-order chi connectivity index (χ0) is 21.0. The molecule has 0 aliphatic rings. The number of hydrogen-bond donors (Lipinski definition) is 1. The van der Waals surface area contributed by atoms with Gasteiger partial charge >= 0.3 is 6.18 Å². The van der Waals surface area contributed by atoms with Gasteiger partial charge in [-0.25, -0.2) is 0 Å². The summed E-state index contributed by atoms with van der Waals surface area (Å²) in [6.45, 7) is 0. The summed E-state index contributed by atoms with van der Waals surface area (Å²) >= 11 is 1.14. The van der Waals surface area contributed by atoms with Crippen LogP contribution in [0.5, 0.6) is 5.75 Å². The number of aromatic nitrogens is 3. The number of carbonyl (C=O) groups is 1. The van der Waals surface area contributed by atoms with E-state index in [-0.39, 0.29) is 17.5 Å². The lowest BCUT2D eigenvalue weighted by molar-refractivity contribution is -0.137. The van der Waals surface area contributed by atoms with Crippen molar-refractivity contribution >= 4 is 23.4 Å². The number of anilines is 1. The summed E-state index contributed by atoms with van der Waals surface area (Å²) in [5.41, 5.74) is 0.162. The van der Waals surface area contributed by atoms with Crippen LogP contribution in [0.3, 0.4) is 0 Å². The second-order valence-corrected chi connectivity index (χ2v) is 6.95. The highest BCUT2D eigenvalue weighted by atomic mass is 32.2. The number of nitrogens with one attached hydrogen (secondary N) is 1. The average molecular weight is 422 g/mol. The van der Waals surface area contributed by atoms with Crippen LogP contribution >= 0.6 is 11.8 Å². The summed E-state index contributed by atoms with van der Waals surface area (Å²) < 4.78 is 45.4. The van der Waals surface area contributed by atoms with E-state index in [0.717, 1.165) is 23.9 Å². The Labute approximate surface area is 169 Å². The lowest BCUT2D eigenvalue weighted by atomic mass is 10.1. The first-order valence-corrected chi connectivity index (χ1v) is 9.40. The van der Waals surface area contributed by atoms with E-state index in [0.29, 0.717) is 22.2 Å².